The third-order valence-electron chi connectivity index (χ3n) is 6.73. The molecule has 0 spiro atoms. The van der Waals surface area contributed by atoms with Crippen molar-refractivity contribution in [3.05, 3.63) is 90.6 Å². The first-order chi connectivity index (χ1) is 17.5. The van der Waals surface area contributed by atoms with Crippen LogP contribution in [0.25, 0.3) is 11.1 Å². The molecule has 8 heteroatoms. The van der Waals surface area contributed by atoms with Crippen LogP contribution in [0.1, 0.15) is 52.9 Å². The highest BCUT2D eigenvalue weighted by molar-refractivity contribution is 7.12. The molecule has 5 rings (SSSR count). The third-order valence-corrected chi connectivity index (χ3v) is 7.65. The molecule has 4 aromatic rings. The van der Waals surface area contributed by atoms with E-state index in [4.69, 9.17) is 0 Å². The van der Waals surface area contributed by atoms with Gasteiger partial charge in [0, 0.05) is 30.7 Å². The molecule has 36 heavy (non-hydrogen) atoms. The summed E-state index contributed by atoms with van der Waals surface area (Å²) >= 11 is 1.36. The van der Waals surface area contributed by atoms with Crippen molar-refractivity contribution in [3.63, 3.8) is 0 Å². The minimum Gasteiger partial charge on any atom is -0.380 e. The normalized spacial score (nSPS) is 14.0. The number of aromatic nitrogens is 1. The van der Waals surface area contributed by atoms with Gasteiger partial charge in [-0.25, -0.2) is 0 Å². The van der Waals surface area contributed by atoms with Crippen molar-refractivity contribution in [2.45, 2.75) is 51.6 Å². The van der Waals surface area contributed by atoms with E-state index in [2.05, 4.69) is 20.9 Å². The third kappa shape index (κ3) is 4.95. The topological polar surface area (TPSA) is 100 Å². The average Bonchev–Trinajstić information content (AvgIpc) is 3.39. The fourth-order valence-electron chi connectivity index (χ4n) is 4.72. The van der Waals surface area contributed by atoms with E-state index in [0.717, 1.165) is 42.5 Å². The molecule has 0 atom stereocenters. The van der Waals surface area contributed by atoms with E-state index in [1.807, 2.05) is 42.6 Å². The minimum atomic E-state index is -0.472. The van der Waals surface area contributed by atoms with Gasteiger partial charge in [0.05, 0.1) is 16.9 Å². The van der Waals surface area contributed by atoms with E-state index in [0.29, 0.717) is 33.9 Å². The van der Waals surface area contributed by atoms with Crippen LogP contribution in [-0.4, -0.2) is 16.9 Å². The lowest BCUT2D eigenvalue weighted by Gasteiger charge is -2.26. The number of rotatable bonds is 8. The van der Waals surface area contributed by atoms with Gasteiger partial charge in [-0.2, -0.15) is 0 Å². The maximum absolute atomic E-state index is 13.1. The van der Waals surface area contributed by atoms with Crippen LogP contribution in [0.4, 0.5) is 17.1 Å². The predicted molar refractivity (Wildman–Crippen MR) is 146 cm³/mol. The molecule has 1 aliphatic rings. The van der Waals surface area contributed by atoms with E-state index < -0.39 is 10.9 Å². The smallest absolute Gasteiger partial charge is 0.267 e. The van der Waals surface area contributed by atoms with Gasteiger partial charge in [0.2, 0.25) is 10.9 Å². The number of carbonyl (C=O) groups excluding carboxylic acids is 1. The Balaban J connectivity index is 1.33. The summed E-state index contributed by atoms with van der Waals surface area (Å²) in [5.41, 5.74) is 3.87. The zero-order valence-electron chi connectivity index (χ0n) is 20.1. The summed E-state index contributed by atoms with van der Waals surface area (Å²) in [6.45, 7) is 2.48. The molecule has 184 valence electrons. The van der Waals surface area contributed by atoms with Crippen LogP contribution in [0.3, 0.4) is 0 Å². The van der Waals surface area contributed by atoms with Crippen LogP contribution in [-0.2, 0) is 6.54 Å². The molecule has 1 saturated carbocycles. The van der Waals surface area contributed by atoms with E-state index in [9.17, 15) is 14.4 Å². The molecule has 3 N–H and O–H groups in total. The van der Waals surface area contributed by atoms with Gasteiger partial charge in [-0.3, -0.25) is 19.4 Å². The molecule has 0 radical (unpaired) electrons. The second-order valence-corrected chi connectivity index (χ2v) is 10.2. The Kier molecular flexibility index (Phi) is 6.95. The maximum atomic E-state index is 13.1. The fourth-order valence-corrected chi connectivity index (χ4v) is 5.48. The monoisotopic (exact) mass is 500 g/mol. The molecule has 0 saturated heterocycles. The minimum absolute atomic E-state index is 0.223. The van der Waals surface area contributed by atoms with E-state index >= 15 is 0 Å². The number of benzene rings is 1. The first-order valence-corrected chi connectivity index (χ1v) is 13.1. The van der Waals surface area contributed by atoms with Crippen LogP contribution in [0, 0.1) is 6.92 Å². The quantitative estimate of drug-likeness (QED) is 0.283. The van der Waals surface area contributed by atoms with Gasteiger partial charge < -0.3 is 16.0 Å². The van der Waals surface area contributed by atoms with E-state index in [-0.39, 0.29) is 11.9 Å². The van der Waals surface area contributed by atoms with Crippen molar-refractivity contribution in [3.8, 4) is 11.1 Å². The molecule has 7 nitrogen and oxygen atoms in total. The first-order valence-electron chi connectivity index (χ1n) is 12.2. The van der Waals surface area contributed by atoms with Gasteiger partial charge in [-0.1, -0.05) is 25.3 Å². The molecule has 0 bridgehead atoms. The number of aryl methyl sites for hydroxylation is 1. The standard InChI is InChI=1S/C28H28N4O3S/c1-17-7-8-20(15-21(17)23-24(26(34)25(23)33)31-19-5-3-2-4-6-19)32-28(35)27-22(11-14-36-27)30-16-18-9-12-29-13-10-18/h7-15,19,30-31H,2-6,16H2,1H3,(H,32,35). The Bertz CT molecular complexity index is 1450. The lowest BCUT2D eigenvalue weighted by Crippen LogP contribution is -2.39. The second-order valence-electron chi connectivity index (χ2n) is 9.24. The number of hydrogen-bond donors (Lipinski definition) is 3. The van der Waals surface area contributed by atoms with Crippen molar-refractivity contribution < 1.29 is 4.79 Å². The molecule has 0 aliphatic heterocycles. The van der Waals surface area contributed by atoms with Crippen LogP contribution in [0.15, 0.2) is 63.8 Å². The van der Waals surface area contributed by atoms with E-state index in [1.54, 1.807) is 18.5 Å². The predicted octanol–water partition coefficient (Wildman–Crippen LogP) is 5.32. The summed E-state index contributed by atoms with van der Waals surface area (Å²) in [4.78, 5) is 42.7. The number of pyridine rings is 1. The molecular weight excluding hydrogens is 472 g/mol. The maximum Gasteiger partial charge on any atom is 0.267 e. The molecule has 0 unspecified atom stereocenters. The molecule has 1 amide bonds. The average molecular weight is 501 g/mol. The highest BCUT2D eigenvalue weighted by Gasteiger charge is 2.26. The Labute approximate surface area is 213 Å². The molecule has 2 aromatic heterocycles. The van der Waals surface area contributed by atoms with Crippen molar-refractivity contribution in [2.24, 2.45) is 0 Å². The SMILES string of the molecule is Cc1ccc(NC(=O)c2sccc2NCc2ccncc2)cc1-c1c(NC2CCCCC2)c(=O)c1=O. The molecule has 1 aliphatic carbocycles. The number of anilines is 3. The lowest BCUT2D eigenvalue weighted by atomic mass is 9.91. The summed E-state index contributed by atoms with van der Waals surface area (Å²) in [6, 6.07) is 11.4. The van der Waals surface area contributed by atoms with Crippen molar-refractivity contribution >= 4 is 34.3 Å². The summed E-state index contributed by atoms with van der Waals surface area (Å²) < 4.78 is 0. The summed E-state index contributed by atoms with van der Waals surface area (Å²) in [7, 11) is 0. The zero-order chi connectivity index (χ0) is 25.1. The number of nitrogens with zero attached hydrogens (tertiary/aromatic N) is 1. The Morgan fingerprint density at radius 1 is 1.03 bits per heavy atom. The number of nitrogens with one attached hydrogen (secondary N) is 3. The van der Waals surface area contributed by atoms with E-state index in [1.165, 1.54) is 17.8 Å². The molecular formula is C28H28N4O3S. The van der Waals surface area contributed by atoms with Crippen LogP contribution < -0.4 is 26.8 Å². The van der Waals surface area contributed by atoms with Gasteiger partial charge in [-0.15, -0.1) is 11.3 Å². The first kappa shape index (κ1) is 23.9. The second kappa shape index (κ2) is 10.5. The molecule has 2 aromatic carbocycles. The van der Waals surface area contributed by atoms with Gasteiger partial charge in [-0.05, 0) is 72.2 Å². The molecule has 2 heterocycles. The number of hydrogen-bond acceptors (Lipinski definition) is 7. The molecule has 1 fully saturated rings. The van der Waals surface area contributed by atoms with Crippen molar-refractivity contribution in [1.82, 2.24) is 4.98 Å². The summed E-state index contributed by atoms with van der Waals surface area (Å²) in [5, 5.41) is 11.5. The van der Waals surface area contributed by atoms with Gasteiger partial charge >= 0.3 is 0 Å². The van der Waals surface area contributed by atoms with Crippen LogP contribution in [0.2, 0.25) is 0 Å². The summed E-state index contributed by atoms with van der Waals surface area (Å²) in [6.07, 6.45) is 8.95. The zero-order valence-corrected chi connectivity index (χ0v) is 20.9. The van der Waals surface area contributed by atoms with Crippen molar-refractivity contribution in [2.75, 3.05) is 16.0 Å². The van der Waals surface area contributed by atoms with Gasteiger partial charge in [0.15, 0.2) is 0 Å². The largest absolute Gasteiger partial charge is 0.380 e. The highest BCUT2D eigenvalue weighted by atomic mass is 32.1. The Hall–Kier alpha value is -3.78. The van der Waals surface area contributed by atoms with Crippen LogP contribution in [0.5, 0.6) is 0 Å². The van der Waals surface area contributed by atoms with Crippen LogP contribution >= 0.6 is 11.3 Å². The number of carbonyl (C=O) groups is 1. The van der Waals surface area contributed by atoms with Crippen molar-refractivity contribution in [1.29, 1.82) is 0 Å². The number of thiophene rings is 1. The van der Waals surface area contributed by atoms with Gasteiger partial charge in [0.25, 0.3) is 5.91 Å². The fraction of sp³-hybridized carbons (Fsp3) is 0.286. The summed E-state index contributed by atoms with van der Waals surface area (Å²) in [5.74, 6) is -0.234. The van der Waals surface area contributed by atoms with Gasteiger partial charge in [0.1, 0.15) is 4.88 Å². The number of amides is 1. The Morgan fingerprint density at radius 3 is 2.58 bits per heavy atom. The highest BCUT2D eigenvalue weighted by Crippen LogP contribution is 2.32. The lowest BCUT2D eigenvalue weighted by molar-refractivity contribution is 0.103. The Morgan fingerprint density at radius 2 is 1.81 bits per heavy atom.